The maximum Gasteiger partial charge on any atom is 0.229 e. The summed E-state index contributed by atoms with van der Waals surface area (Å²) in [6, 6.07) is 2.24. The van der Waals surface area contributed by atoms with Crippen molar-refractivity contribution in [2.24, 2.45) is 0 Å². The molecule has 1 heterocycles. The molecule has 2 rings (SSSR count). The van der Waals surface area contributed by atoms with Crippen molar-refractivity contribution in [3.8, 4) is 5.69 Å². The van der Waals surface area contributed by atoms with Gasteiger partial charge in [0, 0.05) is 11.5 Å². The van der Waals surface area contributed by atoms with E-state index in [1.54, 1.807) is 0 Å². The van der Waals surface area contributed by atoms with Crippen LogP contribution in [0.25, 0.3) is 5.69 Å². The summed E-state index contributed by atoms with van der Waals surface area (Å²) in [5.41, 5.74) is -0.140. The average Bonchev–Trinajstić information content (AvgIpc) is 2.65. The third-order valence-corrected chi connectivity index (χ3v) is 3.01. The lowest BCUT2D eigenvalue weighted by Gasteiger charge is -2.19. The molecule has 0 N–H and O–H groups in total. The van der Waals surface area contributed by atoms with Gasteiger partial charge in [-0.25, -0.2) is 8.78 Å². The Kier molecular flexibility index (Phi) is 3.34. The molecule has 0 bridgehead atoms. The van der Waals surface area contributed by atoms with Crippen molar-refractivity contribution in [1.29, 1.82) is 0 Å². The Balaban J connectivity index is 2.73. The molecule has 6 heteroatoms. The zero-order valence-electron chi connectivity index (χ0n) is 11.1. The van der Waals surface area contributed by atoms with Crippen LogP contribution in [0.1, 0.15) is 32.2 Å². The van der Waals surface area contributed by atoms with Gasteiger partial charge in [-0.2, -0.15) is 0 Å². The third kappa shape index (κ3) is 2.47. The van der Waals surface area contributed by atoms with Gasteiger partial charge in [-0.15, -0.1) is 10.2 Å². The Morgan fingerprint density at radius 3 is 2.32 bits per heavy atom. The van der Waals surface area contributed by atoms with E-state index in [0.717, 1.165) is 12.1 Å². The van der Waals surface area contributed by atoms with E-state index in [1.165, 1.54) is 11.5 Å². The van der Waals surface area contributed by atoms with Crippen LogP contribution in [-0.4, -0.2) is 14.8 Å². The molecule has 19 heavy (non-hydrogen) atoms. The molecule has 0 amide bonds. The molecule has 0 atom stereocenters. The van der Waals surface area contributed by atoms with E-state index in [2.05, 4.69) is 10.2 Å². The number of hydrogen-bond donors (Lipinski definition) is 0. The topological polar surface area (TPSA) is 30.7 Å². The van der Waals surface area contributed by atoms with Crippen LogP contribution in [0, 0.1) is 18.6 Å². The monoisotopic (exact) mass is 285 g/mol. The number of nitrogens with zero attached hydrogens (tertiary/aromatic N) is 3. The lowest BCUT2D eigenvalue weighted by atomic mass is 9.95. The second-order valence-corrected chi connectivity index (χ2v) is 5.77. The minimum Gasteiger partial charge on any atom is -0.266 e. The van der Waals surface area contributed by atoms with E-state index >= 15 is 0 Å². The fourth-order valence-corrected chi connectivity index (χ4v) is 1.98. The van der Waals surface area contributed by atoms with Crippen LogP contribution < -0.4 is 0 Å². The number of hydrogen-bond acceptors (Lipinski definition) is 2. The highest BCUT2D eigenvalue weighted by molar-refractivity contribution is 6.28. The molecule has 0 aliphatic carbocycles. The quantitative estimate of drug-likeness (QED) is 0.798. The van der Waals surface area contributed by atoms with E-state index in [-0.39, 0.29) is 16.5 Å². The Hall–Kier alpha value is -1.49. The molecule has 0 saturated heterocycles. The van der Waals surface area contributed by atoms with Gasteiger partial charge < -0.3 is 0 Å². The number of halogens is 3. The first-order valence-corrected chi connectivity index (χ1v) is 6.17. The summed E-state index contributed by atoms with van der Waals surface area (Å²) in [7, 11) is 0. The van der Waals surface area contributed by atoms with Gasteiger partial charge >= 0.3 is 0 Å². The van der Waals surface area contributed by atoms with E-state index in [0.29, 0.717) is 5.82 Å². The molecule has 0 aliphatic rings. The van der Waals surface area contributed by atoms with E-state index < -0.39 is 17.0 Å². The zero-order valence-corrected chi connectivity index (χ0v) is 11.9. The first-order chi connectivity index (χ1) is 8.71. The number of benzene rings is 1. The molecule has 2 aromatic rings. The summed E-state index contributed by atoms with van der Waals surface area (Å²) in [5, 5.41) is 7.70. The molecule has 0 aliphatic heterocycles. The summed E-state index contributed by atoms with van der Waals surface area (Å²) < 4.78 is 29.0. The van der Waals surface area contributed by atoms with Crippen LogP contribution in [0.2, 0.25) is 5.28 Å². The van der Waals surface area contributed by atoms with Gasteiger partial charge in [0.1, 0.15) is 17.5 Å². The van der Waals surface area contributed by atoms with Crippen molar-refractivity contribution < 1.29 is 8.78 Å². The van der Waals surface area contributed by atoms with E-state index in [9.17, 15) is 8.78 Å². The first-order valence-electron chi connectivity index (χ1n) is 5.79. The molecule has 3 nitrogen and oxygen atoms in total. The van der Waals surface area contributed by atoms with Crippen LogP contribution >= 0.6 is 11.6 Å². The normalized spacial score (nSPS) is 11.9. The van der Waals surface area contributed by atoms with Crippen molar-refractivity contribution in [3.05, 3.63) is 40.4 Å². The molecular formula is C13H14ClF2N3. The summed E-state index contributed by atoms with van der Waals surface area (Å²) in [4.78, 5) is 0. The van der Waals surface area contributed by atoms with Gasteiger partial charge in [0.2, 0.25) is 5.28 Å². The highest BCUT2D eigenvalue weighted by Gasteiger charge is 2.26. The fraction of sp³-hybridized carbons (Fsp3) is 0.385. The van der Waals surface area contributed by atoms with Crippen molar-refractivity contribution in [3.63, 3.8) is 0 Å². The number of rotatable bonds is 1. The van der Waals surface area contributed by atoms with Crippen molar-refractivity contribution in [2.75, 3.05) is 0 Å². The maximum absolute atomic E-state index is 14.0. The third-order valence-electron chi connectivity index (χ3n) is 2.76. The lowest BCUT2D eigenvalue weighted by molar-refractivity contribution is 0.524. The molecule has 1 aromatic carbocycles. The molecule has 0 unspecified atom stereocenters. The Morgan fingerprint density at radius 2 is 1.74 bits per heavy atom. The summed E-state index contributed by atoms with van der Waals surface area (Å²) in [5.74, 6) is -0.591. The molecule has 102 valence electrons. The van der Waals surface area contributed by atoms with Gasteiger partial charge in [-0.1, -0.05) is 20.8 Å². The van der Waals surface area contributed by atoms with E-state index in [1.807, 2.05) is 20.8 Å². The first kappa shape index (κ1) is 13.9. The zero-order chi connectivity index (χ0) is 14.4. The Morgan fingerprint density at radius 1 is 1.11 bits per heavy atom. The Labute approximate surface area is 115 Å². The van der Waals surface area contributed by atoms with Crippen molar-refractivity contribution >= 4 is 11.6 Å². The van der Waals surface area contributed by atoms with Crippen LogP contribution in [0.3, 0.4) is 0 Å². The smallest absolute Gasteiger partial charge is 0.229 e. The van der Waals surface area contributed by atoms with Gasteiger partial charge in [0.25, 0.3) is 0 Å². The van der Waals surface area contributed by atoms with Gasteiger partial charge in [0.15, 0.2) is 0 Å². The number of aryl methyl sites for hydroxylation is 1. The minimum atomic E-state index is -0.564. The van der Waals surface area contributed by atoms with Crippen LogP contribution in [-0.2, 0) is 5.41 Å². The molecule has 0 fully saturated rings. The molecule has 0 saturated carbocycles. The van der Waals surface area contributed by atoms with Crippen LogP contribution in [0.15, 0.2) is 12.1 Å². The molecule has 0 radical (unpaired) electrons. The van der Waals surface area contributed by atoms with Crippen molar-refractivity contribution in [2.45, 2.75) is 33.1 Å². The summed E-state index contributed by atoms with van der Waals surface area (Å²) in [6.07, 6.45) is 0. The second-order valence-electron chi connectivity index (χ2n) is 5.43. The Bertz CT molecular complexity index is 630. The van der Waals surface area contributed by atoms with E-state index in [4.69, 9.17) is 11.6 Å². The second kappa shape index (κ2) is 4.56. The highest BCUT2D eigenvalue weighted by atomic mass is 35.5. The largest absolute Gasteiger partial charge is 0.266 e. The molecular weight excluding hydrogens is 272 g/mol. The van der Waals surface area contributed by atoms with Gasteiger partial charge in [-0.3, -0.25) is 4.57 Å². The summed E-state index contributed by atoms with van der Waals surface area (Å²) >= 11 is 5.95. The average molecular weight is 286 g/mol. The predicted molar refractivity (Wildman–Crippen MR) is 69.7 cm³/mol. The van der Waals surface area contributed by atoms with Crippen LogP contribution in [0.4, 0.5) is 8.78 Å². The number of aromatic nitrogens is 3. The summed E-state index contributed by atoms with van der Waals surface area (Å²) in [6.45, 7) is 7.19. The maximum atomic E-state index is 14.0. The fourth-order valence-electron chi connectivity index (χ4n) is 1.77. The van der Waals surface area contributed by atoms with Crippen molar-refractivity contribution in [1.82, 2.24) is 14.8 Å². The minimum absolute atomic E-state index is 0.00655. The molecule has 0 spiro atoms. The SMILES string of the molecule is Cc1cc(F)c(-n2c(Cl)nnc2C(C)(C)C)cc1F. The van der Waals surface area contributed by atoms with Gasteiger partial charge in [-0.05, 0) is 30.2 Å². The van der Waals surface area contributed by atoms with Crippen LogP contribution in [0.5, 0.6) is 0 Å². The van der Waals surface area contributed by atoms with Gasteiger partial charge in [0.05, 0.1) is 5.69 Å². The molecule has 1 aromatic heterocycles. The highest BCUT2D eigenvalue weighted by Crippen LogP contribution is 2.28. The predicted octanol–water partition coefficient (Wildman–Crippen LogP) is 3.80. The standard InChI is InChI=1S/C13H14ClF2N3/c1-7-5-9(16)10(6-8(7)15)19-11(13(2,3)4)17-18-12(19)14/h5-6H,1-4H3. The lowest BCUT2D eigenvalue weighted by Crippen LogP contribution is -2.19.